The second-order valence-corrected chi connectivity index (χ2v) is 12.7. The average molecular weight is 747 g/mol. The molecular formula is C32H27Br2ClN2O5S. The van der Waals surface area contributed by atoms with Crippen LogP contribution < -0.4 is 24.4 Å². The molecule has 0 amide bonds. The van der Waals surface area contributed by atoms with E-state index < -0.39 is 12.0 Å². The van der Waals surface area contributed by atoms with Crippen LogP contribution in [-0.4, -0.2) is 23.8 Å². The Bertz CT molecular complexity index is 1880. The molecule has 5 rings (SSSR count). The minimum absolute atomic E-state index is 0.207. The van der Waals surface area contributed by atoms with Crippen LogP contribution in [0.25, 0.3) is 6.08 Å². The molecule has 0 bridgehead atoms. The summed E-state index contributed by atoms with van der Waals surface area (Å²) >= 11 is 14.6. The first-order valence-corrected chi connectivity index (χ1v) is 16.3. The van der Waals surface area contributed by atoms with Crippen molar-refractivity contribution in [3.05, 3.63) is 122 Å². The fourth-order valence-corrected chi connectivity index (χ4v) is 7.46. The molecule has 0 N–H and O–H groups in total. The Morgan fingerprint density at radius 3 is 2.42 bits per heavy atom. The number of halogens is 3. The highest BCUT2D eigenvalue weighted by Gasteiger charge is 2.33. The lowest BCUT2D eigenvalue weighted by atomic mass is 9.96. The van der Waals surface area contributed by atoms with Gasteiger partial charge in [-0.3, -0.25) is 9.36 Å². The van der Waals surface area contributed by atoms with E-state index in [0.29, 0.717) is 50.3 Å². The van der Waals surface area contributed by atoms with Gasteiger partial charge in [-0.2, -0.15) is 0 Å². The molecule has 3 aromatic carbocycles. The van der Waals surface area contributed by atoms with Crippen LogP contribution in [0, 0.1) is 0 Å². The van der Waals surface area contributed by atoms with E-state index >= 15 is 0 Å². The zero-order valence-electron chi connectivity index (χ0n) is 23.5. The van der Waals surface area contributed by atoms with E-state index in [1.165, 1.54) is 11.3 Å². The molecular weight excluding hydrogens is 720 g/mol. The molecule has 4 aromatic rings. The van der Waals surface area contributed by atoms with Crippen LogP contribution in [0.15, 0.2) is 90.7 Å². The van der Waals surface area contributed by atoms with Crippen molar-refractivity contribution in [3.63, 3.8) is 0 Å². The number of allylic oxidation sites excluding steroid dienone is 1. The van der Waals surface area contributed by atoms with Gasteiger partial charge in [0.1, 0.15) is 18.1 Å². The van der Waals surface area contributed by atoms with E-state index in [2.05, 4.69) is 36.9 Å². The molecule has 0 radical (unpaired) electrons. The third-order valence-electron chi connectivity index (χ3n) is 6.61. The van der Waals surface area contributed by atoms with E-state index in [1.807, 2.05) is 67.6 Å². The van der Waals surface area contributed by atoms with Crippen molar-refractivity contribution in [3.8, 4) is 11.5 Å². The summed E-state index contributed by atoms with van der Waals surface area (Å²) in [6.07, 6.45) is 1.80. The standard InChI is InChI=1S/C32H27Br2ClN2O5S/c1-4-40-23-11-9-21(10-12-23)28-27(31(39)41-5-2)18(3)36-32-37(28)30(38)26(43-32)16-20-14-24(33)29(25(34)15-20)42-17-19-7-6-8-22(35)13-19/h6-16,28H,4-5,17H2,1-3H3/b26-16-/t28-/m1/s1. The Labute approximate surface area is 274 Å². The summed E-state index contributed by atoms with van der Waals surface area (Å²) < 4.78 is 20.5. The van der Waals surface area contributed by atoms with Gasteiger partial charge in [0, 0.05) is 5.02 Å². The van der Waals surface area contributed by atoms with Gasteiger partial charge in [0.05, 0.1) is 44.0 Å². The van der Waals surface area contributed by atoms with Gasteiger partial charge in [-0.25, -0.2) is 9.79 Å². The van der Waals surface area contributed by atoms with Crippen molar-refractivity contribution in [1.29, 1.82) is 0 Å². The van der Waals surface area contributed by atoms with Crippen molar-refractivity contribution < 1.29 is 19.0 Å². The Morgan fingerprint density at radius 2 is 1.77 bits per heavy atom. The van der Waals surface area contributed by atoms with Crippen molar-refractivity contribution in [2.45, 2.75) is 33.4 Å². The number of carbonyl (C=O) groups is 1. The molecule has 1 aliphatic heterocycles. The number of esters is 1. The van der Waals surface area contributed by atoms with E-state index in [9.17, 15) is 9.59 Å². The molecule has 43 heavy (non-hydrogen) atoms. The number of thiazole rings is 1. The summed E-state index contributed by atoms with van der Waals surface area (Å²) in [4.78, 5) is 32.2. The fourth-order valence-electron chi connectivity index (χ4n) is 4.75. The van der Waals surface area contributed by atoms with Crippen molar-refractivity contribution in [1.82, 2.24) is 4.57 Å². The summed E-state index contributed by atoms with van der Waals surface area (Å²) in [6, 6.07) is 17.9. The van der Waals surface area contributed by atoms with E-state index in [4.69, 9.17) is 25.8 Å². The zero-order valence-corrected chi connectivity index (χ0v) is 28.3. The first kappa shape index (κ1) is 31.3. The molecule has 1 aliphatic rings. The number of nitrogens with zero attached hydrogens (tertiary/aromatic N) is 2. The number of ether oxygens (including phenoxy) is 3. The number of rotatable bonds is 9. The highest BCUT2D eigenvalue weighted by molar-refractivity contribution is 9.11. The lowest BCUT2D eigenvalue weighted by Gasteiger charge is -2.24. The monoisotopic (exact) mass is 744 g/mol. The van der Waals surface area contributed by atoms with Gasteiger partial charge in [0.25, 0.3) is 5.56 Å². The van der Waals surface area contributed by atoms with Gasteiger partial charge in [0.15, 0.2) is 4.80 Å². The lowest BCUT2D eigenvalue weighted by Crippen LogP contribution is -2.39. The van der Waals surface area contributed by atoms with Crippen molar-refractivity contribution in [2.24, 2.45) is 4.99 Å². The Morgan fingerprint density at radius 1 is 1.05 bits per heavy atom. The van der Waals surface area contributed by atoms with E-state index in [1.54, 1.807) is 24.5 Å². The summed E-state index contributed by atoms with van der Waals surface area (Å²) in [5.74, 6) is 0.829. The summed E-state index contributed by atoms with van der Waals surface area (Å²) in [6.45, 7) is 6.50. The number of aromatic nitrogens is 1. The summed E-state index contributed by atoms with van der Waals surface area (Å²) in [7, 11) is 0. The minimum atomic E-state index is -0.700. The molecule has 2 heterocycles. The molecule has 0 fully saturated rings. The van der Waals surface area contributed by atoms with Gasteiger partial charge >= 0.3 is 5.97 Å². The molecule has 0 aliphatic carbocycles. The minimum Gasteiger partial charge on any atom is -0.494 e. The maximum absolute atomic E-state index is 14.0. The summed E-state index contributed by atoms with van der Waals surface area (Å²) in [5.41, 5.74) is 3.05. The Balaban J connectivity index is 1.54. The Kier molecular flexibility index (Phi) is 9.91. The maximum atomic E-state index is 14.0. The predicted molar refractivity (Wildman–Crippen MR) is 176 cm³/mol. The normalized spacial score (nSPS) is 14.7. The van der Waals surface area contributed by atoms with Crippen LogP contribution in [0.1, 0.15) is 43.5 Å². The lowest BCUT2D eigenvalue weighted by molar-refractivity contribution is -0.139. The van der Waals surface area contributed by atoms with E-state index in [0.717, 1.165) is 25.6 Å². The van der Waals surface area contributed by atoms with Gasteiger partial charge in [-0.05, 0) is 112 Å². The largest absolute Gasteiger partial charge is 0.494 e. The molecule has 11 heteroatoms. The molecule has 7 nitrogen and oxygen atoms in total. The third-order valence-corrected chi connectivity index (χ3v) is 9.01. The second kappa shape index (κ2) is 13.6. The van der Waals surface area contributed by atoms with Crippen LogP contribution in [0.4, 0.5) is 0 Å². The van der Waals surface area contributed by atoms with Gasteiger partial charge < -0.3 is 14.2 Å². The van der Waals surface area contributed by atoms with Crippen LogP contribution in [0.3, 0.4) is 0 Å². The molecule has 0 spiro atoms. The average Bonchev–Trinajstić information content (AvgIpc) is 3.26. The predicted octanol–water partition coefficient (Wildman–Crippen LogP) is 6.95. The molecule has 0 saturated carbocycles. The zero-order chi connectivity index (χ0) is 30.7. The van der Waals surface area contributed by atoms with E-state index in [-0.39, 0.29) is 12.2 Å². The molecule has 0 unspecified atom stereocenters. The molecule has 1 aromatic heterocycles. The van der Waals surface area contributed by atoms with Gasteiger partial charge in [-0.15, -0.1) is 0 Å². The first-order chi connectivity index (χ1) is 20.7. The first-order valence-electron chi connectivity index (χ1n) is 13.5. The van der Waals surface area contributed by atoms with Gasteiger partial charge in [-0.1, -0.05) is 47.2 Å². The highest BCUT2D eigenvalue weighted by atomic mass is 79.9. The highest BCUT2D eigenvalue weighted by Crippen LogP contribution is 2.36. The smallest absolute Gasteiger partial charge is 0.338 e. The number of carbonyl (C=O) groups excluding carboxylic acids is 1. The Hall–Kier alpha value is -3.18. The fraction of sp³-hybridized carbons (Fsp3) is 0.219. The van der Waals surface area contributed by atoms with Gasteiger partial charge in [0.2, 0.25) is 0 Å². The number of fused-ring (bicyclic) bond motifs is 1. The number of hydrogen-bond acceptors (Lipinski definition) is 7. The number of benzene rings is 3. The quantitative estimate of drug-likeness (QED) is 0.173. The third kappa shape index (κ3) is 6.82. The van der Waals surface area contributed by atoms with Crippen LogP contribution in [0.2, 0.25) is 5.02 Å². The summed E-state index contributed by atoms with van der Waals surface area (Å²) in [5, 5.41) is 0.644. The molecule has 1 atom stereocenters. The van der Waals surface area contributed by atoms with Crippen LogP contribution >= 0.6 is 54.8 Å². The SMILES string of the molecule is CCOC(=O)C1=C(C)N=c2s/c(=C\c3cc(Br)c(OCc4cccc(Cl)c4)c(Br)c3)c(=O)n2[C@@H]1c1ccc(OCC)cc1. The maximum Gasteiger partial charge on any atom is 0.338 e. The topological polar surface area (TPSA) is 79.1 Å². The van der Waals surface area contributed by atoms with Crippen LogP contribution in [0.5, 0.6) is 11.5 Å². The van der Waals surface area contributed by atoms with Crippen molar-refractivity contribution >= 4 is 66.8 Å². The second-order valence-electron chi connectivity index (χ2n) is 9.54. The van der Waals surface area contributed by atoms with Crippen LogP contribution in [-0.2, 0) is 16.1 Å². The van der Waals surface area contributed by atoms with Crippen molar-refractivity contribution in [2.75, 3.05) is 13.2 Å². The number of hydrogen-bond donors (Lipinski definition) is 0. The molecule has 0 saturated heterocycles. The molecule has 222 valence electrons.